The van der Waals surface area contributed by atoms with Gasteiger partial charge in [-0.2, -0.15) is 0 Å². The van der Waals surface area contributed by atoms with E-state index in [2.05, 4.69) is 5.32 Å². The zero-order valence-corrected chi connectivity index (χ0v) is 13.0. The number of nitrogens with zero attached hydrogens (tertiary/aromatic N) is 1. The Balaban J connectivity index is 2.13. The van der Waals surface area contributed by atoms with Crippen LogP contribution in [0.3, 0.4) is 0 Å². The Labute approximate surface area is 129 Å². The van der Waals surface area contributed by atoms with Crippen molar-refractivity contribution in [3.8, 4) is 0 Å². The molecule has 2 fully saturated rings. The highest BCUT2D eigenvalue weighted by atomic mass is 16.4. The standard InChI is InChI=1S/C15H24N2O5/c1-8(16-9(2)14(19)20)13(18)17-11-6-4-3-5-10(11)7-12(17)15(21)22/h8-12,16H,3-7H2,1-2H3,(H,19,20)(H,21,22)/t8-,9-,10?,11?,12-/m0/s1. The largest absolute Gasteiger partial charge is 0.480 e. The molecule has 0 bridgehead atoms. The molecule has 124 valence electrons. The molecule has 7 heteroatoms. The summed E-state index contributed by atoms with van der Waals surface area (Å²) in [6.45, 7) is 3.06. The highest BCUT2D eigenvalue weighted by Crippen LogP contribution is 2.40. The highest BCUT2D eigenvalue weighted by molar-refractivity contribution is 5.88. The maximum absolute atomic E-state index is 12.7. The van der Waals surface area contributed by atoms with Crippen molar-refractivity contribution < 1.29 is 24.6 Å². The minimum absolute atomic E-state index is 0.0215. The van der Waals surface area contributed by atoms with E-state index in [1.54, 1.807) is 6.92 Å². The molecule has 2 aliphatic rings. The van der Waals surface area contributed by atoms with Gasteiger partial charge in [-0.25, -0.2) is 4.79 Å². The predicted octanol–water partition coefficient (Wildman–Crippen LogP) is 0.682. The Morgan fingerprint density at radius 3 is 2.32 bits per heavy atom. The van der Waals surface area contributed by atoms with Crippen molar-refractivity contribution in [1.82, 2.24) is 10.2 Å². The number of carbonyl (C=O) groups excluding carboxylic acids is 1. The number of fused-ring (bicyclic) bond motifs is 1. The lowest BCUT2D eigenvalue weighted by atomic mass is 9.84. The van der Waals surface area contributed by atoms with E-state index in [9.17, 15) is 19.5 Å². The summed E-state index contributed by atoms with van der Waals surface area (Å²) < 4.78 is 0. The maximum Gasteiger partial charge on any atom is 0.326 e. The molecule has 1 amide bonds. The molecule has 3 N–H and O–H groups in total. The molecule has 5 atom stereocenters. The normalized spacial score (nSPS) is 30.5. The molecule has 0 aromatic heterocycles. The first-order chi connectivity index (χ1) is 10.3. The number of hydrogen-bond donors (Lipinski definition) is 3. The molecule has 22 heavy (non-hydrogen) atoms. The number of hydrogen-bond acceptors (Lipinski definition) is 4. The lowest BCUT2D eigenvalue weighted by Gasteiger charge is -2.35. The van der Waals surface area contributed by atoms with Crippen molar-refractivity contribution >= 4 is 17.8 Å². The van der Waals surface area contributed by atoms with E-state index in [-0.39, 0.29) is 17.9 Å². The summed E-state index contributed by atoms with van der Waals surface area (Å²) in [5, 5.41) is 21.1. The zero-order valence-electron chi connectivity index (χ0n) is 13.0. The van der Waals surface area contributed by atoms with Gasteiger partial charge in [0.25, 0.3) is 0 Å². The minimum atomic E-state index is -1.04. The van der Waals surface area contributed by atoms with Gasteiger partial charge in [0.2, 0.25) is 5.91 Å². The highest BCUT2D eigenvalue weighted by Gasteiger charge is 2.48. The fourth-order valence-electron chi connectivity index (χ4n) is 3.74. The molecule has 1 saturated carbocycles. The van der Waals surface area contributed by atoms with E-state index in [4.69, 9.17) is 5.11 Å². The minimum Gasteiger partial charge on any atom is -0.480 e. The summed E-state index contributed by atoms with van der Waals surface area (Å²) in [5.74, 6) is -2.06. The van der Waals surface area contributed by atoms with Crippen molar-refractivity contribution in [3.05, 3.63) is 0 Å². The van der Waals surface area contributed by atoms with Crippen LogP contribution in [0.1, 0.15) is 46.0 Å². The molecule has 0 radical (unpaired) electrons. The van der Waals surface area contributed by atoms with E-state index < -0.39 is 30.1 Å². The van der Waals surface area contributed by atoms with Crippen molar-refractivity contribution in [1.29, 1.82) is 0 Å². The van der Waals surface area contributed by atoms with Crippen LogP contribution in [-0.4, -0.2) is 57.1 Å². The number of likely N-dealkylation sites (tertiary alicyclic amines) is 1. The zero-order chi connectivity index (χ0) is 16.4. The van der Waals surface area contributed by atoms with Crippen LogP contribution in [0.5, 0.6) is 0 Å². The van der Waals surface area contributed by atoms with Crippen LogP contribution in [0, 0.1) is 5.92 Å². The average Bonchev–Trinajstić information content (AvgIpc) is 2.85. The third-order valence-corrected chi connectivity index (χ3v) is 4.87. The smallest absolute Gasteiger partial charge is 0.326 e. The van der Waals surface area contributed by atoms with Gasteiger partial charge in [-0.15, -0.1) is 0 Å². The topological polar surface area (TPSA) is 107 Å². The molecule has 1 heterocycles. The summed E-state index contributed by atoms with van der Waals surface area (Å²) in [7, 11) is 0. The van der Waals surface area contributed by atoms with Gasteiger partial charge in [-0.3, -0.25) is 14.9 Å². The number of nitrogens with one attached hydrogen (secondary N) is 1. The van der Waals surface area contributed by atoms with Crippen molar-refractivity contribution in [2.75, 3.05) is 0 Å². The quantitative estimate of drug-likeness (QED) is 0.689. The van der Waals surface area contributed by atoms with Crippen LogP contribution in [0.25, 0.3) is 0 Å². The Morgan fingerprint density at radius 1 is 1.09 bits per heavy atom. The summed E-state index contributed by atoms with van der Waals surface area (Å²) in [4.78, 5) is 36.6. The molecular formula is C15H24N2O5. The second-order valence-electron chi connectivity index (χ2n) is 6.40. The van der Waals surface area contributed by atoms with E-state index in [0.29, 0.717) is 6.42 Å². The molecule has 7 nitrogen and oxygen atoms in total. The second kappa shape index (κ2) is 6.64. The second-order valence-corrected chi connectivity index (χ2v) is 6.40. The molecule has 1 aliphatic carbocycles. The Kier molecular flexibility index (Phi) is 5.05. The number of carboxylic acid groups (broad SMARTS) is 2. The van der Waals surface area contributed by atoms with Crippen LogP contribution in [0.2, 0.25) is 0 Å². The van der Waals surface area contributed by atoms with Gasteiger partial charge in [0.1, 0.15) is 12.1 Å². The van der Waals surface area contributed by atoms with Crippen LogP contribution in [0.15, 0.2) is 0 Å². The van der Waals surface area contributed by atoms with Gasteiger partial charge >= 0.3 is 11.9 Å². The fraction of sp³-hybridized carbons (Fsp3) is 0.800. The van der Waals surface area contributed by atoms with Crippen molar-refractivity contribution in [2.24, 2.45) is 5.92 Å². The first-order valence-electron chi connectivity index (χ1n) is 7.86. The summed E-state index contributed by atoms with van der Waals surface area (Å²) in [6, 6.07) is -2.38. The van der Waals surface area contributed by atoms with Gasteiger partial charge in [-0.1, -0.05) is 12.8 Å². The van der Waals surface area contributed by atoms with E-state index in [1.165, 1.54) is 11.8 Å². The Bertz CT molecular complexity index is 467. The Morgan fingerprint density at radius 2 is 1.73 bits per heavy atom. The van der Waals surface area contributed by atoms with Gasteiger partial charge in [0.05, 0.1) is 6.04 Å². The van der Waals surface area contributed by atoms with E-state index in [1.807, 2.05) is 0 Å². The fourth-order valence-corrected chi connectivity index (χ4v) is 3.74. The summed E-state index contributed by atoms with van der Waals surface area (Å²) >= 11 is 0. The van der Waals surface area contributed by atoms with Crippen molar-refractivity contribution in [3.63, 3.8) is 0 Å². The third kappa shape index (κ3) is 3.24. The molecular weight excluding hydrogens is 288 g/mol. The van der Waals surface area contributed by atoms with Gasteiger partial charge in [-0.05, 0) is 39.0 Å². The lowest BCUT2D eigenvalue weighted by molar-refractivity contribution is -0.151. The molecule has 1 saturated heterocycles. The monoisotopic (exact) mass is 312 g/mol. The van der Waals surface area contributed by atoms with Crippen LogP contribution >= 0.6 is 0 Å². The molecule has 0 spiro atoms. The van der Waals surface area contributed by atoms with E-state index in [0.717, 1.165) is 25.7 Å². The van der Waals surface area contributed by atoms with Crippen LogP contribution < -0.4 is 5.32 Å². The lowest BCUT2D eigenvalue weighted by Crippen LogP contribution is -2.55. The van der Waals surface area contributed by atoms with Gasteiger partial charge in [0.15, 0.2) is 0 Å². The maximum atomic E-state index is 12.7. The van der Waals surface area contributed by atoms with E-state index >= 15 is 0 Å². The van der Waals surface area contributed by atoms with Crippen LogP contribution in [-0.2, 0) is 14.4 Å². The number of carboxylic acids is 2. The number of rotatable bonds is 5. The first kappa shape index (κ1) is 16.7. The summed E-state index contributed by atoms with van der Waals surface area (Å²) in [5.41, 5.74) is 0. The Hall–Kier alpha value is -1.63. The van der Waals surface area contributed by atoms with Gasteiger partial charge < -0.3 is 15.1 Å². The molecule has 0 aromatic carbocycles. The molecule has 2 unspecified atom stereocenters. The number of carbonyl (C=O) groups is 3. The third-order valence-electron chi connectivity index (χ3n) is 4.87. The van der Waals surface area contributed by atoms with Gasteiger partial charge in [0, 0.05) is 6.04 Å². The SMILES string of the molecule is C[C@H](N[C@@H](C)C(=O)N1C2CCCCC2C[C@H]1C(=O)O)C(=O)O. The number of aliphatic carboxylic acids is 2. The summed E-state index contributed by atoms with van der Waals surface area (Å²) in [6.07, 6.45) is 4.39. The van der Waals surface area contributed by atoms with Crippen molar-refractivity contribution in [2.45, 2.75) is 70.1 Å². The molecule has 1 aliphatic heterocycles. The number of amides is 1. The van der Waals surface area contributed by atoms with Crippen LogP contribution in [0.4, 0.5) is 0 Å². The molecule has 0 aromatic rings. The predicted molar refractivity (Wildman–Crippen MR) is 78.3 cm³/mol. The average molecular weight is 312 g/mol. The first-order valence-corrected chi connectivity index (χ1v) is 7.86. The molecule has 2 rings (SSSR count).